The van der Waals surface area contributed by atoms with Gasteiger partial charge in [0.15, 0.2) is 12.6 Å². The number of hydrogen-bond donors (Lipinski definition) is 0. The maximum atomic E-state index is 12.4. The summed E-state index contributed by atoms with van der Waals surface area (Å²) in [6.45, 7) is 6.30. The molecule has 1 fully saturated rings. The molecule has 0 aliphatic carbocycles. The number of aldehydes is 2. The first-order valence-corrected chi connectivity index (χ1v) is 18.4. The molecule has 0 aromatic heterocycles. The summed E-state index contributed by atoms with van der Waals surface area (Å²) >= 11 is 0. The average Bonchev–Trinajstić information content (AvgIpc) is 3.21. The number of rotatable bonds is 8. The Morgan fingerprint density at radius 2 is 0.852 bits per heavy atom. The third-order valence-electron chi connectivity index (χ3n) is 8.96. The number of carbonyl (C=O) groups is 2. The first-order valence-electron chi connectivity index (χ1n) is 18.4. The molecule has 0 N–H and O–H groups in total. The second-order valence-electron chi connectivity index (χ2n) is 12.6. The van der Waals surface area contributed by atoms with Gasteiger partial charge in [0.25, 0.3) is 0 Å². The van der Waals surface area contributed by atoms with Crippen LogP contribution in [0.15, 0.2) is 84.9 Å². The van der Waals surface area contributed by atoms with Gasteiger partial charge >= 0.3 is 0 Å². The Hall–Kier alpha value is -5.14. The molecule has 3 aliphatic rings. The second kappa shape index (κ2) is 20.9. The lowest BCUT2D eigenvalue weighted by Gasteiger charge is -2.29. The quantitative estimate of drug-likeness (QED) is 0.209. The van der Waals surface area contributed by atoms with Crippen LogP contribution in [0, 0.1) is 0 Å². The number of nitrogens with zero attached hydrogens (tertiary/aromatic N) is 2. The molecule has 3 heterocycles. The molecule has 0 atom stereocenters. The van der Waals surface area contributed by atoms with Crippen LogP contribution in [-0.2, 0) is 32.2 Å². The molecule has 3 aliphatic heterocycles. The minimum Gasteiger partial charge on any atom is -0.488 e. The Labute approximate surface area is 316 Å². The minimum absolute atomic E-state index is 0.144. The fourth-order valence-corrected chi connectivity index (χ4v) is 6.11. The summed E-state index contributed by atoms with van der Waals surface area (Å²) in [4.78, 5) is 29.0. The molecule has 0 spiro atoms. The average molecular weight is 741 g/mol. The van der Waals surface area contributed by atoms with E-state index in [1.54, 1.807) is 12.1 Å². The highest BCUT2D eigenvalue weighted by Crippen LogP contribution is 2.38. The predicted octanol–water partition coefficient (Wildman–Crippen LogP) is 5.63. The van der Waals surface area contributed by atoms with Crippen LogP contribution in [0.2, 0.25) is 0 Å². The molecule has 12 heteroatoms. The highest BCUT2D eigenvalue weighted by molar-refractivity contribution is 5.84. The number of benzene rings is 4. The van der Waals surface area contributed by atoms with E-state index in [4.69, 9.17) is 37.9 Å². The zero-order valence-electron chi connectivity index (χ0n) is 30.5. The maximum Gasteiger partial charge on any atom is 0.153 e. The van der Waals surface area contributed by atoms with Gasteiger partial charge in [-0.05, 0) is 23.3 Å². The van der Waals surface area contributed by atoms with Crippen molar-refractivity contribution in [2.45, 2.75) is 13.2 Å². The van der Waals surface area contributed by atoms with Crippen LogP contribution in [0.3, 0.4) is 0 Å². The van der Waals surface area contributed by atoms with E-state index in [1.807, 2.05) is 72.8 Å². The molecule has 0 saturated carbocycles. The molecule has 0 amide bonds. The first kappa shape index (κ1) is 38.6. The Balaban J connectivity index is 1.33. The van der Waals surface area contributed by atoms with Crippen LogP contribution in [0.5, 0.6) is 23.0 Å². The SMILES string of the molecule is O=Cc1cc2c(cc1OCc1ccccc1)N1CCOCCOCCN(CCOCCOCC1)c1cc(OCc3ccccc3)c(C=O)cc1OCCO2. The summed E-state index contributed by atoms with van der Waals surface area (Å²) in [5, 5.41) is 0. The molecule has 0 radical (unpaired) electrons. The van der Waals surface area contributed by atoms with Crippen molar-refractivity contribution < 1.29 is 47.5 Å². The van der Waals surface area contributed by atoms with Crippen LogP contribution < -0.4 is 28.7 Å². The van der Waals surface area contributed by atoms with Crippen molar-refractivity contribution in [1.29, 1.82) is 0 Å². The largest absolute Gasteiger partial charge is 0.488 e. The third-order valence-corrected chi connectivity index (χ3v) is 8.96. The minimum atomic E-state index is 0.144. The smallest absolute Gasteiger partial charge is 0.153 e. The summed E-state index contributed by atoms with van der Waals surface area (Å²) < 4.78 is 49.3. The zero-order valence-corrected chi connectivity index (χ0v) is 30.5. The summed E-state index contributed by atoms with van der Waals surface area (Å²) in [5.41, 5.74) is 4.11. The molecule has 0 unspecified atom stereocenters. The summed E-state index contributed by atoms with van der Waals surface area (Å²) in [7, 11) is 0. The maximum absolute atomic E-state index is 12.4. The van der Waals surface area contributed by atoms with E-state index in [1.165, 1.54) is 0 Å². The van der Waals surface area contributed by atoms with Crippen LogP contribution in [0.1, 0.15) is 31.8 Å². The summed E-state index contributed by atoms with van der Waals surface area (Å²) in [6.07, 6.45) is 1.54. The number of hydrogen-bond acceptors (Lipinski definition) is 12. The lowest BCUT2D eigenvalue weighted by Crippen LogP contribution is -2.34. The van der Waals surface area contributed by atoms with Crippen molar-refractivity contribution >= 4 is 23.9 Å². The van der Waals surface area contributed by atoms with Gasteiger partial charge < -0.3 is 47.7 Å². The number of anilines is 2. The molecule has 4 aromatic carbocycles. The van der Waals surface area contributed by atoms with E-state index in [9.17, 15) is 9.59 Å². The van der Waals surface area contributed by atoms with Crippen LogP contribution in [0.25, 0.3) is 0 Å². The molecule has 12 nitrogen and oxygen atoms in total. The molecule has 7 rings (SSSR count). The third kappa shape index (κ3) is 11.2. The number of carbonyl (C=O) groups excluding carboxylic acids is 2. The number of ether oxygens (including phenoxy) is 8. The van der Waals surface area contributed by atoms with E-state index in [0.717, 1.165) is 35.1 Å². The van der Waals surface area contributed by atoms with E-state index in [0.29, 0.717) is 126 Å². The van der Waals surface area contributed by atoms with Crippen molar-refractivity contribution in [3.63, 3.8) is 0 Å². The predicted molar refractivity (Wildman–Crippen MR) is 204 cm³/mol. The lowest BCUT2D eigenvalue weighted by molar-refractivity contribution is 0.0434. The zero-order chi connectivity index (χ0) is 37.2. The summed E-state index contributed by atoms with van der Waals surface area (Å²) in [6, 6.07) is 26.6. The highest BCUT2D eigenvalue weighted by Gasteiger charge is 2.21. The Bertz CT molecular complexity index is 1610. The fraction of sp³-hybridized carbons (Fsp3) is 0.381. The second-order valence-corrected chi connectivity index (χ2v) is 12.6. The molecule has 4 aromatic rings. The standard InChI is InChI=1S/C42H48N2O10/c45-29-35-25-41-37(27-39(35)53-31-33-7-3-1-4-8-33)43-11-15-47-19-21-49-17-13-44(14-18-50-22-20-48-16-12-43)38-28-40(54-32-34-9-5-2-6-10-34)36(30-46)26-42(38)52-24-23-51-41/h1-10,25-30H,11-24,31-32H2. The van der Waals surface area contributed by atoms with Crippen molar-refractivity contribution in [2.75, 3.05) is 102 Å². The molecular formula is C42H48N2O10. The fourth-order valence-electron chi connectivity index (χ4n) is 6.11. The molecular weight excluding hydrogens is 692 g/mol. The van der Waals surface area contributed by atoms with Gasteiger partial charge in [0.1, 0.15) is 49.4 Å². The van der Waals surface area contributed by atoms with Gasteiger partial charge in [0.2, 0.25) is 0 Å². The van der Waals surface area contributed by atoms with E-state index >= 15 is 0 Å². The van der Waals surface area contributed by atoms with Gasteiger partial charge in [-0.2, -0.15) is 0 Å². The van der Waals surface area contributed by atoms with E-state index in [2.05, 4.69) is 9.80 Å². The Kier molecular flexibility index (Phi) is 15.0. The molecule has 2 bridgehead atoms. The van der Waals surface area contributed by atoms with Crippen LogP contribution >= 0.6 is 0 Å². The summed E-state index contributed by atoms with van der Waals surface area (Å²) in [5.74, 6) is 1.85. The first-order chi connectivity index (χ1) is 26.7. The molecule has 1 saturated heterocycles. The normalized spacial score (nSPS) is 16.4. The van der Waals surface area contributed by atoms with E-state index in [-0.39, 0.29) is 13.2 Å². The van der Waals surface area contributed by atoms with Gasteiger partial charge in [-0.1, -0.05) is 60.7 Å². The van der Waals surface area contributed by atoms with Gasteiger partial charge in [-0.3, -0.25) is 9.59 Å². The van der Waals surface area contributed by atoms with Crippen molar-refractivity contribution in [3.05, 3.63) is 107 Å². The Morgan fingerprint density at radius 3 is 1.20 bits per heavy atom. The molecule has 286 valence electrons. The number of fused-ring (bicyclic) bond motifs is 17. The topological polar surface area (TPSA) is 114 Å². The van der Waals surface area contributed by atoms with Crippen molar-refractivity contribution in [3.8, 4) is 23.0 Å². The lowest BCUT2D eigenvalue weighted by atomic mass is 10.1. The van der Waals surface area contributed by atoms with Crippen molar-refractivity contribution in [1.82, 2.24) is 0 Å². The van der Waals surface area contributed by atoms with E-state index < -0.39 is 0 Å². The van der Waals surface area contributed by atoms with Gasteiger partial charge in [-0.25, -0.2) is 0 Å². The van der Waals surface area contributed by atoms with Gasteiger partial charge in [0.05, 0.1) is 75.4 Å². The van der Waals surface area contributed by atoms with Crippen LogP contribution in [0.4, 0.5) is 11.4 Å². The monoisotopic (exact) mass is 740 g/mol. The Morgan fingerprint density at radius 1 is 0.481 bits per heavy atom. The van der Waals surface area contributed by atoms with Crippen molar-refractivity contribution in [2.24, 2.45) is 0 Å². The van der Waals surface area contributed by atoms with Gasteiger partial charge in [0, 0.05) is 38.3 Å². The van der Waals surface area contributed by atoms with Gasteiger partial charge in [-0.15, -0.1) is 0 Å². The highest BCUT2D eigenvalue weighted by atomic mass is 16.5. The van der Waals surface area contributed by atoms with Crippen LogP contribution in [-0.4, -0.2) is 105 Å². The molecule has 54 heavy (non-hydrogen) atoms.